The molecule has 1 heterocycles. The Labute approximate surface area is 99.8 Å². The Bertz CT molecular complexity index is 389. The lowest BCUT2D eigenvalue weighted by Crippen LogP contribution is -1.76. The van der Waals surface area contributed by atoms with E-state index in [2.05, 4.69) is 11.1 Å². The summed E-state index contributed by atoms with van der Waals surface area (Å²) in [6.07, 6.45) is 1.86. The lowest BCUT2D eigenvalue weighted by Gasteiger charge is -1.99. The topological polar surface area (TPSA) is 12.9 Å². The summed E-state index contributed by atoms with van der Waals surface area (Å²) in [5.41, 5.74) is 4.15. The zero-order valence-electron chi connectivity index (χ0n) is 9.12. The molecular weight excluding hydrogens is 226 g/mol. The van der Waals surface area contributed by atoms with Gasteiger partial charge in [-0.1, -0.05) is 31.5 Å². The maximum atomic E-state index is 5.95. The van der Waals surface area contributed by atoms with Crippen molar-refractivity contribution in [3.8, 4) is 10.4 Å². The summed E-state index contributed by atoms with van der Waals surface area (Å²) in [6, 6.07) is 6.02. The quantitative estimate of drug-likeness (QED) is 0.697. The molecular formula is C12H14ClNS. The molecule has 0 aliphatic heterocycles. The van der Waals surface area contributed by atoms with Crippen LogP contribution in [0.5, 0.6) is 0 Å². The van der Waals surface area contributed by atoms with E-state index in [1.807, 2.05) is 44.6 Å². The molecule has 0 unspecified atom stereocenters. The molecule has 0 amide bonds. The molecule has 0 saturated carbocycles. The number of aromatic nitrogens is 1. The zero-order valence-corrected chi connectivity index (χ0v) is 10.7. The first-order valence-corrected chi connectivity index (χ1v) is 6.17. The largest absolute Gasteiger partial charge is 0.252 e. The number of nitrogens with zero attached hydrogens (tertiary/aromatic N) is 1. The van der Waals surface area contributed by atoms with Gasteiger partial charge >= 0.3 is 0 Å². The van der Waals surface area contributed by atoms with Gasteiger partial charge in [0.05, 0.1) is 10.4 Å². The van der Waals surface area contributed by atoms with Crippen LogP contribution in [-0.4, -0.2) is 4.98 Å². The molecule has 0 bridgehead atoms. The van der Waals surface area contributed by atoms with Gasteiger partial charge in [0.1, 0.15) is 0 Å². The maximum absolute atomic E-state index is 5.95. The molecule has 80 valence electrons. The number of aryl methyl sites for hydroxylation is 1. The molecule has 15 heavy (non-hydrogen) atoms. The number of hydrogen-bond donors (Lipinski definition) is 0. The summed E-state index contributed by atoms with van der Waals surface area (Å²) >= 11 is 7.57. The molecule has 0 spiro atoms. The van der Waals surface area contributed by atoms with E-state index >= 15 is 0 Å². The lowest BCUT2D eigenvalue weighted by atomic mass is 10.1. The highest BCUT2D eigenvalue weighted by Gasteiger charge is 2.01. The van der Waals surface area contributed by atoms with E-state index in [1.54, 1.807) is 11.3 Å². The molecule has 0 radical (unpaired) electrons. The fourth-order valence-corrected chi connectivity index (χ4v) is 2.14. The molecule has 0 fully saturated rings. The normalized spacial score (nSPS) is 9.33. The first-order chi connectivity index (χ1) is 7.25. The van der Waals surface area contributed by atoms with E-state index in [-0.39, 0.29) is 0 Å². The van der Waals surface area contributed by atoms with Gasteiger partial charge in [0.2, 0.25) is 0 Å². The zero-order chi connectivity index (χ0) is 11.3. The van der Waals surface area contributed by atoms with E-state index in [0.29, 0.717) is 0 Å². The molecule has 2 aromatic rings. The van der Waals surface area contributed by atoms with Crippen LogP contribution in [0.3, 0.4) is 0 Å². The second-order valence-corrected chi connectivity index (χ2v) is 4.21. The molecule has 3 heteroatoms. The van der Waals surface area contributed by atoms with Crippen molar-refractivity contribution in [3.63, 3.8) is 0 Å². The summed E-state index contributed by atoms with van der Waals surface area (Å²) in [6.45, 7) is 6.04. The second kappa shape index (κ2) is 5.89. The van der Waals surface area contributed by atoms with Crippen molar-refractivity contribution in [2.75, 3.05) is 0 Å². The van der Waals surface area contributed by atoms with Crippen LogP contribution < -0.4 is 0 Å². The predicted molar refractivity (Wildman–Crippen MR) is 68.6 cm³/mol. The molecule has 0 aliphatic carbocycles. The van der Waals surface area contributed by atoms with Gasteiger partial charge in [0, 0.05) is 11.2 Å². The van der Waals surface area contributed by atoms with Gasteiger partial charge in [-0.25, -0.2) is 0 Å². The highest BCUT2D eigenvalue weighted by Crippen LogP contribution is 2.26. The summed E-state index contributed by atoms with van der Waals surface area (Å²) in [5.74, 6) is 0. The van der Waals surface area contributed by atoms with Crippen LogP contribution in [0.1, 0.15) is 19.4 Å². The van der Waals surface area contributed by atoms with Gasteiger partial charge in [-0.05, 0) is 30.2 Å². The maximum Gasteiger partial charge on any atom is 0.0797 e. The van der Waals surface area contributed by atoms with Gasteiger partial charge in [-0.15, -0.1) is 11.3 Å². The molecule has 1 aromatic heterocycles. The van der Waals surface area contributed by atoms with E-state index in [0.717, 1.165) is 15.5 Å². The number of thiazole rings is 1. The molecule has 0 N–H and O–H groups in total. The SMILES string of the molecule is CC.Cc1cc(Cl)cc(-c2cncs2)c1. The fraction of sp³-hybridized carbons (Fsp3) is 0.250. The van der Waals surface area contributed by atoms with Crippen molar-refractivity contribution in [2.45, 2.75) is 20.8 Å². The van der Waals surface area contributed by atoms with E-state index < -0.39 is 0 Å². The minimum Gasteiger partial charge on any atom is -0.252 e. The van der Waals surface area contributed by atoms with Crippen molar-refractivity contribution in [2.24, 2.45) is 0 Å². The molecule has 0 atom stereocenters. The summed E-state index contributed by atoms with van der Waals surface area (Å²) in [4.78, 5) is 5.19. The highest BCUT2D eigenvalue weighted by atomic mass is 35.5. The third-order valence-corrected chi connectivity index (χ3v) is 2.80. The van der Waals surface area contributed by atoms with Crippen LogP contribution in [0, 0.1) is 6.92 Å². The number of benzene rings is 1. The van der Waals surface area contributed by atoms with Crippen molar-refractivity contribution in [1.82, 2.24) is 4.98 Å². The van der Waals surface area contributed by atoms with Crippen LogP contribution >= 0.6 is 22.9 Å². The van der Waals surface area contributed by atoms with Crippen LogP contribution in [0.2, 0.25) is 5.02 Å². The van der Waals surface area contributed by atoms with Crippen molar-refractivity contribution in [1.29, 1.82) is 0 Å². The Balaban J connectivity index is 0.000000531. The molecule has 0 saturated heterocycles. The summed E-state index contributed by atoms with van der Waals surface area (Å²) < 4.78 is 0. The first-order valence-electron chi connectivity index (χ1n) is 4.92. The number of hydrogen-bond acceptors (Lipinski definition) is 2. The van der Waals surface area contributed by atoms with Crippen LogP contribution in [0.4, 0.5) is 0 Å². The molecule has 0 aliphatic rings. The van der Waals surface area contributed by atoms with Crippen molar-refractivity contribution >= 4 is 22.9 Å². The Morgan fingerprint density at radius 1 is 1.20 bits per heavy atom. The second-order valence-electron chi connectivity index (χ2n) is 2.88. The van der Waals surface area contributed by atoms with Crippen LogP contribution in [0.25, 0.3) is 10.4 Å². The smallest absolute Gasteiger partial charge is 0.0797 e. The molecule has 1 aromatic carbocycles. The minimum absolute atomic E-state index is 0.781. The first kappa shape index (κ1) is 12.2. The highest BCUT2D eigenvalue weighted by molar-refractivity contribution is 7.13. The van der Waals surface area contributed by atoms with Crippen molar-refractivity contribution in [3.05, 3.63) is 40.5 Å². The van der Waals surface area contributed by atoms with Gasteiger partial charge in [0.15, 0.2) is 0 Å². The number of halogens is 1. The summed E-state index contributed by atoms with van der Waals surface area (Å²) in [7, 11) is 0. The Hall–Kier alpha value is -0.860. The number of rotatable bonds is 1. The van der Waals surface area contributed by atoms with Gasteiger partial charge in [-0.3, -0.25) is 4.98 Å². The third-order valence-electron chi connectivity index (χ3n) is 1.76. The monoisotopic (exact) mass is 239 g/mol. The Kier molecular flexibility index (Phi) is 4.79. The molecule has 1 nitrogen and oxygen atoms in total. The van der Waals surface area contributed by atoms with Gasteiger partial charge in [-0.2, -0.15) is 0 Å². The average molecular weight is 240 g/mol. The van der Waals surface area contributed by atoms with E-state index in [1.165, 1.54) is 5.56 Å². The minimum atomic E-state index is 0.781. The van der Waals surface area contributed by atoms with Gasteiger partial charge < -0.3 is 0 Å². The predicted octanol–water partition coefficient (Wildman–Crippen LogP) is 4.80. The standard InChI is InChI=1S/C10H8ClNS.C2H6/c1-7-2-8(4-9(11)3-7)10-5-12-6-13-10;1-2/h2-6H,1H3;1-2H3. The average Bonchev–Trinajstić information content (AvgIpc) is 2.72. The Morgan fingerprint density at radius 3 is 2.47 bits per heavy atom. The van der Waals surface area contributed by atoms with Crippen LogP contribution in [0.15, 0.2) is 29.9 Å². The Morgan fingerprint density at radius 2 is 1.93 bits per heavy atom. The fourth-order valence-electron chi connectivity index (χ4n) is 1.24. The van der Waals surface area contributed by atoms with E-state index in [9.17, 15) is 0 Å². The van der Waals surface area contributed by atoms with Crippen LogP contribution in [-0.2, 0) is 0 Å². The van der Waals surface area contributed by atoms with Gasteiger partial charge in [0.25, 0.3) is 0 Å². The summed E-state index contributed by atoms with van der Waals surface area (Å²) in [5, 5.41) is 0.781. The molecule has 2 rings (SSSR count). The lowest BCUT2D eigenvalue weighted by molar-refractivity contribution is 1.42. The third kappa shape index (κ3) is 3.33. The van der Waals surface area contributed by atoms with E-state index in [4.69, 9.17) is 11.6 Å². The van der Waals surface area contributed by atoms with Crippen molar-refractivity contribution < 1.29 is 0 Å².